The van der Waals surface area contributed by atoms with Crippen molar-refractivity contribution in [3.05, 3.63) is 0 Å². The molecule has 5 rings (SSSR count). The monoisotopic (exact) mass is 346 g/mol. The van der Waals surface area contributed by atoms with Crippen molar-refractivity contribution in [3.8, 4) is 0 Å². The molecule has 11 atom stereocenters. The van der Waals surface area contributed by atoms with Gasteiger partial charge in [-0.15, -0.1) is 0 Å². The van der Waals surface area contributed by atoms with Crippen molar-refractivity contribution in [2.45, 2.75) is 52.6 Å². The first-order valence-corrected chi connectivity index (χ1v) is 10.3. The maximum atomic E-state index is 12.2. The van der Waals surface area contributed by atoms with E-state index < -0.39 is 0 Å². The quantitative estimate of drug-likeness (QED) is 0.581. The lowest BCUT2D eigenvalue weighted by molar-refractivity contribution is -0.161. The number of carbonyl (C=O) groups excluding carboxylic acids is 2. The smallest absolute Gasteiger partial charge is 0.312 e. The van der Waals surface area contributed by atoms with Crippen molar-refractivity contribution in [1.29, 1.82) is 0 Å². The van der Waals surface area contributed by atoms with Crippen LogP contribution in [-0.4, -0.2) is 24.6 Å². The third kappa shape index (κ3) is 2.12. The van der Waals surface area contributed by atoms with E-state index in [1.165, 1.54) is 19.8 Å². The minimum Gasteiger partial charge on any atom is -0.465 e. The molecule has 4 bridgehead atoms. The molecular formula is C21H30O4. The fraction of sp³-hybridized carbons (Fsp3) is 0.905. The number of fused-ring (bicyclic) bond motifs is 9. The van der Waals surface area contributed by atoms with Crippen LogP contribution in [0.15, 0.2) is 0 Å². The van der Waals surface area contributed by atoms with Crippen LogP contribution in [0.25, 0.3) is 0 Å². The highest BCUT2D eigenvalue weighted by atomic mass is 16.6. The Labute approximate surface area is 150 Å². The van der Waals surface area contributed by atoms with Crippen LogP contribution in [0.5, 0.6) is 0 Å². The highest BCUT2D eigenvalue weighted by Crippen LogP contribution is 2.72. The highest BCUT2D eigenvalue weighted by molar-refractivity contribution is 5.75. The summed E-state index contributed by atoms with van der Waals surface area (Å²) >= 11 is 0. The first-order valence-electron chi connectivity index (χ1n) is 10.3. The van der Waals surface area contributed by atoms with Crippen LogP contribution >= 0.6 is 0 Å². The van der Waals surface area contributed by atoms with Crippen LogP contribution in [0.1, 0.15) is 46.5 Å². The average Bonchev–Trinajstić information content (AvgIpc) is 3.33. The molecule has 0 amide bonds. The summed E-state index contributed by atoms with van der Waals surface area (Å²) in [5.74, 6) is 6.38. The summed E-state index contributed by atoms with van der Waals surface area (Å²) in [5, 5.41) is 0. The molecule has 4 aliphatic carbocycles. The average molecular weight is 346 g/mol. The van der Waals surface area contributed by atoms with Crippen molar-refractivity contribution in [2.24, 2.45) is 59.2 Å². The Balaban J connectivity index is 1.42. The molecule has 1 saturated heterocycles. The molecule has 5 aliphatic rings. The summed E-state index contributed by atoms with van der Waals surface area (Å²) in [6, 6.07) is 0. The fourth-order valence-electron chi connectivity index (χ4n) is 8.13. The predicted octanol–water partition coefficient (Wildman–Crippen LogP) is 3.29. The summed E-state index contributed by atoms with van der Waals surface area (Å²) in [7, 11) is 0. The lowest BCUT2D eigenvalue weighted by Crippen LogP contribution is -2.45. The minimum atomic E-state index is -0.254. The SMILES string of the molecule is CC(=O)OC(C1CCOC1=O)C1CC2CC1C1C3CC(C(C)C3C)C21. The van der Waals surface area contributed by atoms with Gasteiger partial charge in [0, 0.05) is 12.8 Å². The molecule has 4 heteroatoms. The topological polar surface area (TPSA) is 52.6 Å². The summed E-state index contributed by atoms with van der Waals surface area (Å²) in [6.07, 6.45) is 4.32. The molecule has 0 aromatic rings. The summed E-state index contributed by atoms with van der Waals surface area (Å²) in [6.45, 7) is 6.87. The van der Waals surface area contributed by atoms with Crippen LogP contribution in [0.2, 0.25) is 0 Å². The number of esters is 2. The molecule has 0 aromatic heterocycles. The molecule has 0 spiro atoms. The third-order valence-electron chi connectivity index (χ3n) is 8.99. The Hall–Kier alpha value is -1.06. The molecule has 0 aromatic carbocycles. The lowest BCUT2D eigenvalue weighted by atomic mass is 9.61. The molecular weight excluding hydrogens is 316 g/mol. The molecule has 0 radical (unpaired) electrons. The molecule has 1 heterocycles. The maximum Gasteiger partial charge on any atom is 0.312 e. The third-order valence-corrected chi connectivity index (χ3v) is 8.99. The van der Waals surface area contributed by atoms with E-state index in [9.17, 15) is 9.59 Å². The lowest BCUT2D eigenvalue weighted by Gasteiger charge is -2.45. The van der Waals surface area contributed by atoms with Crippen molar-refractivity contribution >= 4 is 11.9 Å². The fourth-order valence-corrected chi connectivity index (χ4v) is 8.13. The van der Waals surface area contributed by atoms with Gasteiger partial charge in [0.05, 0.1) is 12.5 Å². The second-order valence-electron chi connectivity index (χ2n) is 9.63. The van der Waals surface area contributed by atoms with E-state index in [0.29, 0.717) is 24.9 Å². The van der Waals surface area contributed by atoms with Gasteiger partial charge >= 0.3 is 11.9 Å². The van der Waals surface area contributed by atoms with Crippen molar-refractivity contribution < 1.29 is 19.1 Å². The van der Waals surface area contributed by atoms with Crippen LogP contribution in [0.3, 0.4) is 0 Å². The first kappa shape index (κ1) is 16.1. The zero-order valence-corrected chi connectivity index (χ0v) is 15.5. The van der Waals surface area contributed by atoms with Crippen LogP contribution in [-0.2, 0) is 19.1 Å². The predicted molar refractivity (Wildman–Crippen MR) is 91.2 cm³/mol. The van der Waals surface area contributed by atoms with Crippen LogP contribution < -0.4 is 0 Å². The Kier molecular flexibility index (Phi) is 3.53. The Morgan fingerprint density at radius 1 is 1.08 bits per heavy atom. The number of cyclic esters (lactones) is 1. The van der Waals surface area contributed by atoms with Crippen LogP contribution in [0.4, 0.5) is 0 Å². The van der Waals surface area contributed by atoms with E-state index in [1.54, 1.807) is 0 Å². The summed E-state index contributed by atoms with van der Waals surface area (Å²) in [4.78, 5) is 24.0. The van der Waals surface area contributed by atoms with Gasteiger partial charge in [-0.1, -0.05) is 13.8 Å². The molecule has 25 heavy (non-hydrogen) atoms. The van der Waals surface area contributed by atoms with Gasteiger partial charge in [0.1, 0.15) is 6.10 Å². The Morgan fingerprint density at radius 3 is 2.44 bits per heavy atom. The van der Waals surface area contributed by atoms with Gasteiger partial charge in [0.15, 0.2) is 0 Å². The zero-order valence-electron chi connectivity index (χ0n) is 15.5. The normalized spacial score (nSPS) is 53.8. The standard InChI is InChI=1S/C21H30O4/c1-9-10(2)15-8-14(9)18-12-6-16(19(15)18)17(7-12)20(25-11(3)22)13-4-5-24-21(13)23/h9-10,12-20H,4-8H2,1-3H3. The number of carbonyl (C=O) groups is 2. The van der Waals surface area contributed by atoms with Gasteiger partial charge in [-0.3, -0.25) is 9.59 Å². The van der Waals surface area contributed by atoms with E-state index in [4.69, 9.17) is 9.47 Å². The Bertz CT molecular complexity index is 601. The molecule has 0 N–H and O–H groups in total. The van der Waals surface area contributed by atoms with E-state index in [0.717, 1.165) is 47.8 Å². The van der Waals surface area contributed by atoms with Gasteiger partial charge in [0.25, 0.3) is 0 Å². The van der Waals surface area contributed by atoms with E-state index >= 15 is 0 Å². The Morgan fingerprint density at radius 2 is 1.80 bits per heavy atom. The summed E-state index contributed by atoms with van der Waals surface area (Å²) < 4.78 is 11.0. The van der Waals surface area contributed by atoms with Crippen LogP contribution in [0, 0.1) is 59.2 Å². The number of rotatable bonds is 3. The minimum absolute atomic E-state index is 0.152. The van der Waals surface area contributed by atoms with E-state index in [1.807, 2.05) is 0 Å². The van der Waals surface area contributed by atoms with Gasteiger partial charge < -0.3 is 9.47 Å². The number of hydrogen-bond acceptors (Lipinski definition) is 4. The largest absolute Gasteiger partial charge is 0.465 e. The maximum absolute atomic E-state index is 12.2. The van der Waals surface area contributed by atoms with Crippen molar-refractivity contribution in [2.75, 3.05) is 6.61 Å². The molecule has 4 nitrogen and oxygen atoms in total. The molecule has 5 fully saturated rings. The zero-order chi connectivity index (χ0) is 17.5. The first-order chi connectivity index (χ1) is 12.0. The second kappa shape index (κ2) is 5.47. The van der Waals surface area contributed by atoms with Gasteiger partial charge in [-0.05, 0) is 73.0 Å². The summed E-state index contributed by atoms with van der Waals surface area (Å²) in [5.41, 5.74) is 0. The van der Waals surface area contributed by atoms with Gasteiger partial charge in [-0.2, -0.15) is 0 Å². The molecule has 138 valence electrons. The van der Waals surface area contributed by atoms with Crippen molar-refractivity contribution in [1.82, 2.24) is 0 Å². The van der Waals surface area contributed by atoms with Gasteiger partial charge in [0.2, 0.25) is 0 Å². The van der Waals surface area contributed by atoms with Gasteiger partial charge in [-0.25, -0.2) is 0 Å². The van der Waals surface area contributed by atoms with E-state index in [2.05, 4.69) is 13.8 Å². The molecule has 11 unspecified atom stereocenters. The number of ether oxygens (including phenoxy) is 2. The highest BCUT2D eigenvalue weighted by Gasteiger charge is 2.67. The van der Waals surface area contributed by atoms with E-state index in [-0.39, 0.29) is 24.0 Å². The molecule has 1 aliphatic heterocycles. The van der Waals surface area contributed by atoms with Crippen molar-refractivity contribution in [3.63, 3.8) is 0 Å². The second-order valence-corrected chi connectivity index (χ2v) is 9.63. The number of hydrogen-bond donors (Lipinski definition) is 0. The molecule has 4 saturated carbocycles.